The molecule has 0 spiro atoms. The molecule has 0 unspecified atom stereocenters. The Hall–Kier alpha value is -2.49. The average molecular weight is 460 g/mol. The molecule has 0 radical (unpaired) electrons. The van der Waals surface area contributed by atoms with Gasteiger partial charge in [-0.1, -0.05) is 25.0 Å². The number of carbonyl (C=O) groups excluding carboxylic acids is 1. The Morgan fingerprint density at radius 1 is 1.10 bits per heavy atom. The minimum atomic E-state index is -3.47. The Labute approximate surface area is 186 Å². The van der Waals surface area contributed by atoms with Crippen molar-refractivity contribution in [2.45, 2.75) is 43.5 Å². The molecule has 164 valence electrons. The van der Waals surface area contributed by atoms with E-state index in [0.717, 1.165) is 36.9 Å². The molecular weight excluding hydrogens is 434 g/mol. The van der Waals surface area contributed by atoms with Crippen LogP contribution in [0, 0.1) is 0 Å². The Morgan fingerprint density at radius 3 is 2.52 bits per heavy atom. The number of thiazole rings is 1. The molecule has 31 heavy (non-hydrogen) atoms. The molecule has 1 N–H and O–H groups in total. The second kappa shape index (κ2) is 9.76. The number of aromatic nitrogens is 1. The van der Waals surface area contributed by atoms with E-state index in [-0.39, 0.29) is 12.3 Å². The predicted molar refractivity (Wildman–Crippen MR) is 119 cm³/mol. The highest BCUT2D eigenvalue weighted by Crippen LogP contribution is 2.26. The van der Waals surface area contributed by atoms with Gasteiger partial charge >= 0.3 is 0 Å². The van der Waals surface area contributed by atoms with Crippen LogP contribution in [0.15, 0.2) is 57.4 Å². The maximum absolute atomic E-state index is 12.9. The Kier molecular flexibility index (Phi) is 6.84. The maximum Gasteiger partial charge on any atom is 0.243 e. The van der Waals surface area contributed by atoms with Gasteiger partial charge in [0, 0.05) is 24.0 Å². The number of rotatable bonds is 7. The number of benzene rings is 1. The lowest BCUT2D eigenvalue weighted by molar-refractivity contribution is -0.120. The largest absolute Gasteiger partial charge is 0.467 e. The molecule has 1 saturated heterocycles. The fourth-order valence-electron chi connectivity index (χ4n) is 3.55. The number of furan rings is 1. The van der Waals surface area contributed by atoms with Crippen molar-refractivity contribution in [3.05, 3.63) is 58.8 Å². The molecule has 1 fully saturated rings. The lowest BCUT2D eigenvalue weighted by atomic mass is 10.2. The third-order valence-corrected chi connectivity index (χ3v) is 8.02. The van der Waals surface area contributed by atoms with Crippen LogP contribution in [0.4, 0.5) is 0 Å². The lowest BCUT2D eigenvalue weighted by Gasteiger charge is -2.19. The molecule has 1 amide bonds. The minimum absolute atomic E-state index is 0.129. The Bertz CT molecular complexity index is 1100. The van der Waals surface area contributed by atoms with Crippen molar-refractivity contribution < 1.29 is 17.6 Å². The highest BCUT2D eigenvalue weighted by atomic mass is 32.2. The van der Waals surface area contributed by atoms with Crippen LogP contribution in [0.2, 0.25) is 0 Å². The van der Waals surface area contributed by atoms with Gasteiger partial charge in [-0.15, -0.1) is 11.3 Å². The van der Waals surface area contributed by atoms with E-state index in [1.165, 1.54) is 11.3 Å². The van der Waals surface area contributed by atoms with E-state index >= 15 is 0 Å². The van der Waals surface area contributed by atoms with E-state index in [0.29, 0.717) is 35.3 Å². The molecule has 4 rings (SSSR count). The van der Waals surface area contributed by atoms with Crippen LogP contribution in [0.25, 0.3) is 11.3 Å². The average Bonchev–Trinajstić information content (AvgIpc) is 3.38. The summed E-state index contributed by atoms with van der Waals surface area (Å²) in [6.45, 7) is 1.51. The van der Waals surface area contributed by atoms with Gasteiger partial charge in [-0.05, 0) is 37.1 Å². The fourth-order valence-corrected chi connectivity index (χ4v) is 5.87. The lowest BCUT2D eigenvalue weighted by Crippen LogP contribution is -2.31. The van der Waals surface area contributed by atoms with Gasteiger partial charge in [-0.3, -0.25) is 4.79 Å². The number of sulfonamides is 1. The third-order valence-electron chi connectivity index (χ3n) is 5.26. The van der Waals surface area contributed by atoms with E-state index in [4.69, 9.17) is 4.42 Å². The molecule has 2 aromatic heterocycles. The predicted octanol–water partition coefficient (Wildman–Crippen LogP) is 3.83. The second-order valence-corrected chi connectivity index (χ2v) is 10.4. The first kappa shape index (κ1) is 21.7. The minimum Gasteiger partial charge on any atom is -0.467 e. The smallest absolute Gasteiger partial charge is 0.243 e. The summed E-state index contributed by atoms with van der Waals surface area (Å²) in [4.78, 5) is 17.0. The SMILES string of the molecule is O=C(Cc1nc(-c2ccc(S(=O)(=O)N3CCCCCC3)cc2)cs1)NCc1ccco1. The van der Waals surface area contributed by atoms with Gasteiger partial charge in [0.1, 0.15) is 10.8 Å². The van der Waals surface area contributed by atoms with Gasteiger partial charge in [-0.25, -0.2) is 13.4 Å². The van der Waals surface area contributed by atoms with Crippen LogP contribution in [0.1, 0.15) is 36.5 Å². The van der Waals surface area contributed by atoms with Gasteiger partial charge in [-0.2, -0.15) is 4.31 Å². The van der Waals surface area contributed by atoms with Crippen LogP contribution in [0.3, 0.4) is 0 Å². The normalized spacial score (nSPS) is 15.5. The fraction of sp³-hybridized carbons (Fsp3) is 0.364. The van der Waals surface area contributed by atoms with Crippen molar-refractivity contribution in [3.63, 3.8) is 0 Å². The quantitative estimate of drug-likeness (QED) is 0.580. The molecule has 7 nitrogen and oxygen atoms in total. The number of hydrogen-bond acceptors (Lipinski definition) is 6. The zero-order valence-electron chi connectivity index (χ0n) is 17.1. The van der Waals surface area contributed by atoms with Gasteiger partial charge in [0.15, 0.2) is 0 Å². The summed E-state index contributed by atoms with van der Waals surface area (Å²) in [5, 5.41) is 5.39. The number of nitrogens with one attached hydrogen (secondary N) is 1. The van der Waals surface area contributed by atoms with Crippen LogP contribution >= 0.6 is 11.3 Å². The highest BCUT2D eigenvalue weighted by molar-refractivity contribution is 7.89. The summed E-state index contributed by atoms with van der Waals surface area (Å²) >= 11 is 1.41. The number of carbonyl (C=O) groups is 1. The van der Waals surface area contributed by atoms with Crippen molar-refractivity contribution in [2.75, 3.05) is 13.1 Å². The third kappa shape index (κ3) is 5.41. The molecule has 1 aliphatic heterocycles. The summed E-state index contributed by atoms with van der Waals surface area (Å²) in [7, 11) is -3.47. The summed E-state index contributed by atoms with van der Waals surface area (Å²) in [5.74, 6) is 0.569. The van der Waals surface area contributed by atoms with Crippen molar-refractivity contribution in [1.82, 2.24) is 14.6 Å². The first-order valence-corrected chi connectivity index (χ1v) is 12.7. The maximum atomic E-state index is 12.9. The van der Waals surface area contributed by atoms with E-state index in [2.05, 4.69) is 10.3 Å². The van der Waals surface area contributed by atoms with Crippen molar-refractivity contribution in [2.24, 2.45) is 0 Å². The summed E-state index contributed by atoms with van der Waals surface area (Å²) in [6, 6.07) is 10.4. The van der Waals surface area contributed by atoms with Gasteiger partial charge in [0.2, 0.25) is 15.9 Å². The highest BCUT2D eigenvalue weighted by Gasteiger charge is 2.25. The van der Waals surface area contributed by atoms with Crippen LogP contribution in [0.5, 0.6) is 0 Å². The Balaban J connectivity index is 1.39. The monoisotopic (exact) mass is 459 g/mol. The van der Waals surface area contributed by atoms with Gasteiger partial charge in [0.25, 0.3) is 0 Å². The first-order valence-electron chi connectivity index (χ1n) is 10.4. The zero-order chi connectivity index (χ0) is 21.7. The van der Waals surface area contributed by atoms with Crippen LogP contribution in [-0.4, -0.2) is 36.7 Å². The molecule has 3 aromatic rings. The number of nitrogens with zero attached hydrogens (tertiary/aromatic N) is 2. The van der Waals surface area contributed by atoms with Gasteiger partial charge in [0.05, 0.1) is 29.8 Å². The van der Waals surface area contributed by atoms with Crippen LogP contribution in [-0.2, 0) is 27.8 Å². The molecule has 0 bridgehead atoms. The summed E-state index contributed by atoms with van der Waals surface area (Å²) in [6.07, 6.45) is 5.74. The summed E-state index contributed by atoms with van der Waals surface area (Å²) in [5.41, 5.74) is 1.56. The number of hydrogen-bond donors (Lipinski definition) is 1. The van der Waals surface area contributed by atoms with E-state index in [1.54, 1.807) is 47.0 Å². The van der Waals surface area contributed by atoms with E-state index in [9.17, 15) is 13.2 Å². The molecule has 1 aliphatic rings. The molecule has 0 aliphatic carbocycles. The second-order valence-electron chi connectivity index (χ2n) is 7.50. The van der Waals surface area contributed by atoms with E-state index < -0.39 is 10.0 Å². The first-order chi connectivity index (χ1) is 15.0. The topological polar surface area (TPSA) is 92.5 Å². The molecule has 0 saturated carbocycles. The zero-order valence-corrected chi connectivity index (χ0v) is 18.8. The summed E-state index contributed by atoms with van der Waals surface area (Å²) < 4.78 is 32.6. The molecule has 1 aromatic carbocycles. The van der Waals surface area contributed by atoms with E-state index in [1.807, 2.05) is 5.38 Å². The molecular formula is C22H25N3O4S2. The standard InChI is InChI=1S/C22H25N3O4S2/c26-21(23-15-18-6-5-13-29-18)14-22-24-20(16-30-22)17-7-9-19(10-8-17)31(27,28)25-11-3-1-2-4-12-25/h5-10,13,16H,1-4,11-12,14-15H2,(H,23,26). The molecule has 3 heterocycles. The van der Waals surface area contributed by atoms with Crippen LogP contribution < -0.4 is 5.32 Å². The number of amides is 1. The van der Waals surface area contributed by atoms with Crippen molar-refractivity contribution in [1.29, 1.82) is 0 Å². The van der Waals surface area contributed by atoms with Crippen molar-refractivity contribution in [3.8, 4) is 11.3 Å². The van der Waals surface area contributed by atoms with Crippen molar-refractivity contribution >= 4 is 27.3 Å². The van der Waals surface area contributed by atoms with Gasteiger partial charge < -0.3 is 9.73 Å². The molecule has 9 heteroatoms. The molecule has 0 atom stereocenters. The Morgan fingerprint density at radius 2 is 1.84 bits per heavy atom.